The third-order valence-corrected chi connectivity index (χ3v) is 1.15. The maximum Gasteiger partial charge on any atom is 0.178 e. The predicted octanol–water partition coefficient (Wildman–Crippen LogP) is 0.599. The van der Waals surface area contributed by atoms with Gasteiger partial charge in [0.2, 0.25) is 0 Å². The monoisotopic (exact) mass is 150 g/mol. The maximum absolute atomic E-state index is 10.7. The van der Waals surface area contributed by atoms with Crippen LogP contribution < -0.4 is 0 Å². The molecule has 0 bridgehead atoms. The molecule has 0 aromatic carbocycles. The summed E-state index contributed by atoms with van der Waals surface area (Å²) in [5.41, 5.74) is 0.801. The number of hydrazone groups is 1. The van der Waals surface area contributed by atoms with Crippen molar-refractivity contribution in [1.82, 2.24) is 5.01 Å². The van der Waals surface area contributed by atoms with Crippen molar-refractivity contribution in [2.24, 2.45) is 5.10 Å². The zero-order valence-corrected chi connectivity index (χ0v) is 6.61. The number of hydrogen-bond donors (Lipinski definition) is 0. The summed E-state index contributed by atoms with van der Waals surface area (Å²) in [6.07, 6.45) is 6.40. The minimum atomic E-state index is 0.0164. The number of hydrogen-bond acceptors (Lipinski definition) is 3. The Morgan fingerprint density at radius 1 is 1.18 bits per heavy atom. The van der Waals surface area contributed by atoms with Crippen LogP contribution in [0.1, 0.15) is 0 Å². The smallest absolute Gasteiger partial charge is 0.178 e. The van der Waals surface area contributed by atoms with E-state index in [0.29, 0.717) is 0 Å². The molecule has 1 aliphatic rings. The normalized spacial score (nSPS) is 15.5. The molecule has 0 spiro atoms. The Hall–Kier alpha value is -1.38. The zero-order chi connectivity index (χ0) is 8.27. The molecule has 0 N–H and O–H groups in total. The van der Waals surface area contributed by atoms with E-state index >= 15 is 0 Å². The van der Waals surface area contributed by atoms with Gasteiger partial charge in [-0.05, 0) is 24.3 Å². The van der Waals surface area contributed by atoms with Gasteiger partial charge in [-0.15, -0.1) is 0 Å². The molecule has 0 aromatic rings. The van der Waals surface area contributed by atoms with E-state index in [0.717, 1.165) is 5.71 Å². The van der Waals surface area contributed by atoms with Gasteiger partial charge >= 0.3 is 0 Å². The first-order chi connectivity index (χ1) is 5.18. The van der Waals surface area contributed by atoms with Crippen LogP contribution in [0.4, 0.5) is 0 Å². The third-order valence-electron chi connectivity index (χ3n) is 1.15. The summed E-state index contributed by atoms with van der Waals surface area (Å²) in [6.45, 7) is 0. The first-order valence-electron chi connectivity index (χ1n) is 3.34. The SMILES string of the molecule is CN(C)N=C1C=CC(=O)C=C1. The van der Waals surface area contributed by atoms with Crippen LogP contribution in [0.5, 0.6) is 0 Å². The Morgan fingerprint density at radius 3 is 2.18 bits per heavy atom. The minimum absolute atomic E-state index is 0.0164. The molecule has 58 valence electrons. The van der Waals surface area contributed by atoms with E-state index in [-0.39, 0.29) is 5.78 Å². The summed E-state index contributed by atoms with van der Waals surface area (Å²) in [7, 11) is 3.68. The van der Waals surface area contributed by atoms with Gasteiger partial charge in [0.25, 0.3) is 0 Å². The van der Waals surface area contributed by atoms with E-state index in [1.54, 1.807) is 17.2 Å². The van der Waals surface area contributed by atoms with Crippen LogP contribution in [0.25, 0.3) is 0 Å². The Labute approximate surface area is 65.7 Å². The van der Waals surface area contributed by atoms with Crippen LogP contribution in [-0.2, 0) is 4.79 Å². The van der Waals surface area contributed by atoms with Crippen LogP contribution in [-0.4, -0.2) is 30.6 Å². The van der Waals surface area contributed by atoms with Gasteiger partial charge in [-0.2, -0.15) is 5.10 Å². The average Bonchev–Trinajstić information content (AvgIpc) is 1.93. The Balaban J connectivity index is 2.72. The van der Waals surface area contributed by atoms with Gasteiger partial charge in [-0.1, -0.05) is 0 Å². The molecule has 0 aliphatic heterocycles. The molecule has 0 heterocycles. The van der Waals surface area contributed by atoms with E-state index in [9.17, 15) is 4.79 Å². The van der Waals surface area contributed by atoms with Crippen molar-refractivity contribution in [2.75, 3.05) is 14.1 Å². The number of carbonyl (C=O) groups is 1. The van der Waals surface area contributed by atoms with Gasteiger partial charge in [-0.25, -0.2) is 0 Å². The highest BCUT2D eigenvalue weighted by molar-refractivity contribution is 6.16. The summed E-state index contributed by atoms with van der Waals surface area (Å²) in [4.78, 5) is 10.7. The Kier molecular flexibility index (Phi) is 2.21. The summed E-state index contributed by atoms with van der Waals surface area (Å²) < 4.78 is 0. The second kappa shape index (κ2) is 3.14. The van der Waals surface area contributed by atoms with Crippen LogP contribution in [0.15, 0.2) is 29.4 Å². The quantitative estimate of drug-likeness (QED) is 0.405. The van der Waals surface area contributed by atoms with Gasteiger partial charge in [0.05, 0.1) is 5.71 Å². The van der Waals surface area contributed by atoms with Crippen molar-refractivity contribution < 1.29 is 4.79 Å². The van der Waals surface area contributed by atoms with Gasteiger partial charge in [-0.3, -0.25) is 4.79 Å². The van der Waals surface area contributed by atoms with Crippen molar-refractivity contribution in [3.8, 4) is 0 Å². The average molecular weight is 150 g/mol. The van der Waals surface area contributed by atoms with E-state index < -0.39 is 0 Å². The second-order valence-electron chi connectivity index (χ2n) is 2.44. The number of nitrogens with zero attached hydrogens (tertiary/aromatic N) is 2. The van der Waals surface area contributed by atoms with Gasteiger partial charge in [0.1, 0.15) is 0 Å². The standard InChI is InChI=1S/C8H10N2O/c1-10(2)9-7-3-5-8(11)6-4-7/h3-6H,1-2H3. The molecular formula is C8H10N2O. The van der Waals surface area contributed by atoms with Crippen molar-refractivity contribution in [3.05, 3.63) is 24.3 Å². The molecule has 1 aliphatic carbocycles. The third kappa shape index (κ3) is 2.37. The van der Waals surface area contributed by atoms with Crippen molar-refractivity contribution in [2.45, 2.75) is 0 Å². The van der Waals surface area contributed by atoms with Crippen molar-refractivity contribution >= 4 is 11.5 Å². The van der Waals surface area contributed by atoms with E-state index in [4.69, 9.17) is 0 Å². The molecule has 0 amide bonds. The Morgan fingerprint density at radius 2 is 1.73 bits per heavy atom. The molecule has 3 nitrogen and oxygen atoms in total. The molecule has 0 saturated carbocycles. The summed E-state index contributed by atoms with van der Waals surface area (Å²) in [5.74, 6) is 0.0164. The molecule has 0 saturated heterocycles. The zero-order valence-electron chi connectivity index (χ0n) is 6.61. The number of allylic oxidation sites excluding steroid dienone is 4. The maximum atomic E-state index is 10.7. The molecular weight excluding hydrogens is 140 g/mol. The van der Waals surface area contributed by atoms with E-state index in [1.165, 1.54) is 12.2 Å². The summed E-state index contributed by atoms with van der Waals surface area (Å²) >= 11 is 0. The fraction of sp³-hybridized carbons (Fsp3) is 0.250. The number of ketones is 1. The van der Waals surface area contributed by atoms with E-state index in [2.05, 4.69) is 5.10 Å². The van der Waals surface area contributed by atoms with Crippen LogP contribution in [0, 0.1) is 0 Å². The molecule has 0 aromatic heterocycles. The number of rotatable bonds is 1. The highest BCUT2D eigenvalue weighted by atomic mass is 16.1. The topological polar surface area (TPSA) is 32.7 Å². The first-order valence-corrected chi connectivity index (χ1v) is 3.34. The van der Waals surface area contributed by atoms with Gasteiger partial charge in [0.15, 0.2) is 5.78 Å². The van der Waals surface area contributed by atoms with Crippen LogP contribution in [0.2, 0.25) is 0 Å². The molecule has 11 heavy (non-hydrogen) atoms. The van der Waals surface area contributed by atoms with Crippen LogP contribution in [0.3, 0.4) is 0 Å². The highest BCUT2D eigenvalue weighted by Crippen LogP contribution is 1.95. The van der Waals surface area contributed by atoms with Gasteiger partial charge < -0.3 is 5.01 Å². The Bertz CT molecular complexity index is 231. The minimum Gasteiger partial charge on any atom is -0.303 e. The molecule has 3 heteroatoms. The molecule has 0 fully saturated rings. The van der Waals surface area contributed by atoms with Crippen molar-refractivity contribution in [3.63, 3.8) is 0 Å². The lowest BCUT2D eigenvalue weighted by atomic mass is 10.2. The fourth-order valence-corrected chi connectivity index (χ4v) is 0.744. The second-order valence-corrected chi connectivity index (χ2v) is 2.44. The lowest BCUT2D eigenvalue weighted by Gasteiger charge is -2.05. The molecule has 0 atom stereocenters. The van der Waals surface area contributed by atoms with Gasteiger partial charge in [0, 0.05) is 14.1 Å². The molecule has 0 unspecified atom stereocenters. The summed E-state index contributed by atoms with van der Waals surface area (Å²) in [5, 5.41) is 5.79. The summed E-state index contributed by atoms with van der Waals surface area (Å²) in [6, 6.07) is 0. The molecule has 0 radical (unpaired) electrons. The lowest BCUT2D eigenvalue weighted by molar-refractivity contribution is -0.110. The molecule has 1 rings (SSSR count). The number of carbonyl (C=O) groups excluding carboxylic acids is 1. The van der Waals surface area contributed by atoms with Crippen molar-refractivity contribution in [1.29, 1.82) is 0 Å². The fourth-order valence-electron chi connectivity index (χ4n) is 0.744. The largest absolute Gasteiger partial charge is 0.303 e. The lowest BCUT2D eigenvalue weighted by Crippen LogP contribution is -2.08. The predicted molar refractivity (Wildman–Crippen MR) is 44.4 cm³/mol. The highest BCUT2D eigenvalue weighted by Gasteiger charge is 1.98. The van der Waals surface area contributed by atoms with Crippen LogP contribution >= 0.6 is 0 Å². The van der Waals surface area contributed by atoms with E-state index in [1.807, 2.05) is 14.1 Å². The first kappa shape index (κ1) is 7.72.